The Balaban J connectivity index is 2.39. The third-order valence-electron chi connectivity index (χ3n) is 2.21. The SMILES string of the molecule is CCC=C(C)C(=O)OOC(C)Oc1ccc(Br)cc1. The van der Waals surface area contributed by atoms with Crippen LogP contribution in [0.15, 0.2) is 40.4 Å². The Morgan fingerprint density at radius 3 is 2.58 bits per heavy atom. The van der Waals surface area contributed by atoms with E-state index in [0.29, 0.717) is 11.3 Å². The van der Waals surface area contributed by atoms with E-state index >= 15 is 0 Å². The molecule has 0 fully saturated rings. The molecule has 5 heteroatoms. The lowest BCUT2D eigenvalue weighted by Crippen LogP contribution is -2.19. The van der Waals surface area contributed by atoms with E-state index in [-0.39, 0.29) is 0 Å². The fourth-order valence-corrected chi connectivity index (χ4v) is 1.56. The second-order valence-corrected chi connectivity index (χ2v) is 4.82. The largest absolute Gasteiger partial charge is 0.461 e. The van der Waals surface area contributed by atoms with Crippen molar-refractivity contribution in [1.29, 1.82) is 0 Å². The summed E-state index contributed by atoms with van der Waals surface area (Å²) in [5, 5.41) is 0. The zero-order valence-corrected chi connectivity index (χ0v) is 12.8. The topological polar surface area (TPSA) is 44.8 Å². The van der Waals surface area contributed by atoms with Crippen molar-refractivity contribution in [3.05, 3.63) is 40.4 Å². The highest BCUT2D eigenvalue weighted by molar-refractivity contribution is 9.10. The smallest absolute Gasteiger partial charge is 0.368 e. The van der Waals surface area contributed by atoms with E-state index in [0.717, 1.165) is 10.9 Å². The van der Waals surface area contributed by atoms with Crippen LogP contribution in [0.1, 0.15) is 27.2 Å². The molecule has 104 valence electrons. The van der Waals surface area contributed by atoms with E-state index in [1.807, 2.05) is 19.1 Å². The average Bonchev–Trinajstić information content (AvgIpc) is 2.39. The first-order valence-electron chi connectivity index (χ1n) is 5.99. The number of halogens is 1. The van der Waals surface area contributed by atoms with Gasteiger partial charge in [0.15, 0.2) is 0 Å². The van der Waals surface area contributed by atoms with Gasteiger partial charge >= 0.3 is 5.97 Å². The molecule has 4 nitrogen and oxygen atoms in total. The summed E-state index contributed by atoms with van der Waals surface area (Å²) >= 11 is 3.33. The molecule has 0 aliphatic rings. The zero-order chi connectivity index (χ0) is 14.3. The van der Waals surface area contributed by atoms with Crippen molar-refractivity contribution in [3.63, 3.8) is 0 Å². The quantitative estimate of drug-likeness (QED) is 0.342. The van der Waals surface area contributed by atoms with E-state index in [2.05, 4.69) is 20.8 Å². The van der Waals surface area contributed by atoms with Crippen LogP contribution in [0.5, 0.6) is 5.75 Å². The summed E-state index contributed by atoms with van der Waals surface area (Å²) in [4.78, 5) is 21.0. The van der Waals surface area contributed by atoms with Gasteiger partial charge in [0.05, 0.1) is 0 Å². The molecule has 0 spiro atoms. The van der Waals surface area contributed by atoms with Crippen molar-refractivity contribution in [3.8, 4) is 5.75 Å². The molecule has 1 rings (SSSR count). The molecule has 19 heavy (non-hydrogen) atoms. The van der Waals surface area contributed by atoms with Crippen molar-refractivity contribution >= 4 is 21.9 Å². The van der Waals surface area contributed by atoms with Gasteiger partial charge in [0.25, 0.3) is 0 Å². The van der Waals surface area contributed by atoms with E-state index in [9.17, 15) is 4.79 Å². The maximum absolute atomic E-state index is 11.5. The minimum atomic E-state index is -0.681. The van der Waals surface area contributed by atoms with Crippen molar-refractivity contribution < 1.29 is 19.3 Å². The highest BCUT2D eigenvalue weighted by Gasteiger charge is 2.11. The third-order valence-corrected chi connectivity index (χ3v) is 2.74. The van der Waals surface area contributed by atoms with Crippen LogP contribution in [0.2, 0.25) is 0 Å². The number of carbonyl (C=O) groups is 1. The second kappa shape index (κ2) is 7.96. The van der Waals surface area contributed by atoms with Gasteiger partial charge in [-0.25, -0.2) is 4.79 Å². The van der Waals surface area contributed by atoms with Crippen LogP contribution in [0.3, 0.4) is 0 Å². The van der Waals surface area contributed by atoms with E-state index in [4.69, 9.17) is 9.62 Å². The van der Waals surface area contributed by atoms with Gasteiger partial charge in [0, 0.05) is 17.0 Å². The molecule has 0 aliphatic heterocycles. The van der Waals surface area contributed by atoms with Gasteiger partial charge < -0.3 is 4.74 Å². The van der Waals surface area contributed by atoms with Gasteiger partial charge in [-0.3, -0.25) is 4.89 Å². The van der Waals surface area contributed by atoms with Crippen LogP contribution < -0.4 is 4.74 Å². The standard InChI is InChI=1S/C14H17BrO4/c1-4-5-10(2)14(16)19-18-11(3)17-13-8-6-12(15)7-9-13/h5-9,11H,4H2,1-3H3. The Morgan fingerprint density at radius 1 is 1.37 bits per heavy atom. The highest BCUT2D eigenvalue weighted by atomic mass is 79.9. The first-order chi connectivity index (χ1) is 9.02. The number of carbonyl (C=O) groups excluding carboxylic acids is 1. The molecular weight excluding hydrogens is 312 g/mol. The predicted molar refractivity (Wildman–Crippen MR) is 75.5 cm³/mol. The Bertz CT molecular complexity index is 439. The third kappa shape index (κ3) is 5.89. The minimum absolute atomic E-state index is 0.506. The van der Waals surface area contributed by atoms with Crippen LogP contribution in [0.4, 0.5) is 0 Å². The zero-order valence-electron chi connectivity index (χ0n) is 11.2. The Labute approximate surface area is 121 Å². The van der Waals surface area contributed by atoms with Crippen molar-refractivity contribution in [2.75, 3.05) is 0 Å². The molecule has 0 saturated carbocycles. The maximum Gasteiger partial charge on any atom is 0.368 e. The number of benzene rings is 1. The number of ether oxygens (including phenoxy) is 1. The summed E-state index contributed by atoms with van der Waals surface area (Å²) in [6.45, 7) is 5.26. The molecule has 1 unspecified atom stereocenters. The number of hydrogen-bond donors (Lipinski definition) is 0. The van der Waals surface area contributed by atoms with Crippen LogP contribution in [0, 0.1) is 0 Å². The molecule has 1 atom stereocenters. The lowest BCUT2D eigenvalue weighted by Gasteiger charge is -2.13. The highest BCUT2D eigenvalue weighted by Crippen LogP contribution is 2.17. The molecule has 0 heterocycles. The van der Waals surface area contributed by atoms with Crippen LogP contribution in [0.25, 0.3) is 0 Å². The summed E-state index contributed by atoms with van der Waals surface area (Å²) < 4.78 is 6.38. The molecule has 1 aromatic rings. The van der Waals surface area contributed by atoms with Crippen molar-refractivity contribution in [2.24, 2.45) is 0 Å². The monoisotopic (exact) mass is 328 g/mol. The molecule has 0 bridgehead atoms. The second-order valence-electron chi connectivity index (χ2n) is 3.90. The molecule has 1 aromatic carbocycles. The first kappa shape index (κ1) is 15.7. The summed E-state index contributed by atoms with van der Waals surface area (Å²) in [6.07, 6.45) is 1.86. The van der Waals surface area contributed by atoms with Gasteiger partial charge in [0.1, 0.15) is 5.75 Å². The average molecular weight is 329 g/mol. The number of allylic oxidation sites excluding steroid dienone is 1. The summed E-state index contributed by atoms with van der Waals surface area (Å²) in [7, 11) is 0. The van der Waals surface area contributed by atoms with Crippen LogP contribution in [-0.4, -0.2) is 12.3 Å². The van der Waals surface area contributed by atoms with E-state index in [1.54, 1.807) is 32.1 Å². The molecule has 0 aliphatic carbocycles. The Kier molecular flexibility index (Phi) is 6.59. The van der Waals surface area contributed by atoms with Crippen molar-refractivity contribution in [1.82, 2.24) is 0 Å². The minimum Gasteiger partial charge on any atom is -0.461 e. The Hall–Kier alpha value is -1.33. The Morgan fingerprint density at radius 2 is 2.00 bits per heavy atom. The molecule has 0 saturated heterocycles. The molecular formula is C14H17BrO4. The van der Waals surface area contributed by atoms with Gasteiger partial charge in [-0.05, 0) is 37.6 Å². The van der Waals surface area contributed by atoms with Gasteiger partial charge in [0.2, 0.25) is 6.29 Å². The predicted octanol–water partition coefficient (Wildman–Crippen LogP) is 4.01. The fraction of sp³-hybridized carbons (Fsp3) is 0.357. The molecule has 0 radical (unpaired) electrons. The number of hydrogen-bond acceptors (Lipinski definition) is 4. The lowest BCUT2D eigenvalue weighted by atomic mass is 10.2. The molecule has 0 N–H and O–H groups in total. The van der Waals surface area contributed by atoms with Gasteiger partial charge in [-0.15, -0.1) is 4.89 Å². The van der Waals surface area contributed by atoms with Crippen LogP contribution >= 0.6 is 15.9 Å². The normalized spacial score (nSPS) is 12.9. The van der Waals surface area contributed by atoms with Crippen molar-refractivity contribution in [2.45, 2.75) is 33.5 Å². The number of rotatable bonds is 6. The van der Waals surface area contributed by atoms with Gasteiger partial charge in [-0.2, -0.15) is 0 Å². The first-order valence-corrected chi connectivity index (χ1v) is 6.79. The van der Waals surface area contributed by atoms with E-state index < -0.39 is 12.3 Å². The van der Waals surface area contributed by atoms with Gasteiger partial charge in [-0.1, -0.05) is 28.9 Å². The van der Waals surface area contributed by atoms with E-state index in [1.165, 1.54) is 0 Å². The maximum atomic E-state index is 11.5. The summed E-state index contributed by atoms with van der Waals surface area (Å²) in [6, 6.07) is 7.27. The fourth-order valence-electron chi connectivity index (χ4n) is 1.29. The lowest BCUT2D eigenvalue weighted by molar-refractivity contribution is -0.327. The summed E-state index contributed by atoms with van der Waals surface area (Å²) in [5.74, 6) is 0.126. The van der Waals surface area contributed by atoms with Crippen LogP contribution in [-0.2, 0) is 14.6 Å². The molecule has 0 amide bonds. The molecule has 0 aromatic heterocycles. The summed E-state index contributed by atoms with van der Waals surface area (Å²) in [5.41, 5.74) is 0.512.